The summed E-state index contributed by atoms with van der Waals surface area (Å²) in [6.45, 7) is 2.62. The molecule has 0 amide bonds. The third-order valence-electron chi connectivity index (χ3n) is 3.87. The number of benzene rings is 1. The molecule has 0 bridgehead atoms. The van der Waals surface area contributed by atoms with Crippen LogP contribution in [0.25, 0.3) is 0 Å². The molecule has 0 spiro atoms. The number of nitrogens with zero attached hydrogens (tertiary/aromatic N) is 1. The normalized spacial score (nSPS) is 17.0. The Kier molecular flexibility index (Phi) is 4.66. The molecule has 1 unspecified atom stereocenters. The molecular weight excluding hydrogens is 242 g/mol. The van der Waals surface area contributed by atoms with Crippen LogP contribution in [0, 0.1) is 0 Å². The predicted molar refractivity (Wildman–Crippen MR) is 75.4 cm³/mol. The van der Waals surface area contributed by atoms with Crippen molar-refractivity contribution in [1.82, 2.24) is 0 Å². The van der Waals surface area contributed by atoms with Gasteiger partial charge in [0.1, 0.15) is 5.75 Å². The number of hydrogen-bond acceptors (Lipinski definition) is 4. The van der Waals surface area contributed by atoms with Crippen molar-refractivity contribution in [3.8, 4) is 5.75 Å². The van der Waals surface area contributed by atoms with Crippen LogP contribution in [-0.4, -0.2) is 34.5 Å². The summed E-state index contributed by atoms with van der Waals surface area (Å²) >= 11 is 0. The summed E-state index contributed by atoms with van der Waals surface area (Å²) in [4.78, 5) is 2.26. The second kappa shape index (κ2) is 6.26. The SMILES string of the molecule is CC(O)c1ccc(N(CCCO)C2CCC2)cc1O. The Morgan fingerprint density at radius 3 is 2.58 bits per heavy atom. The molecule has 0 aromatic heterocycles. The predicted octanol–water partition coefficient (Wildman–Crippen LogP) is 2.19. The Labute approximate surface area is 114 Å². The Balaban J connectivity index is 2.18. The van der Waals surface area contributed by atoms with Crippen LogP contribution in [0.3, 0.4) is 0 Å². The minimum atomic E-state index is -0.663. The van der Waals surface area contributed by atoms with Gasteiger partial charge in [0, 0.05) is 36.5 Å². The molecule has 106 valence electrons. The fourth-order valence-electron chi connectivity index (χ4n) is 2.53. The monoisotopic (exact) mass is 265 g/mol. The fraction of sp³-hybridized carbons (Fsp3) is 0.600. The molecule has 1 aliphatic rings. The molecular formula is C15H23NO3. The average molecular weight is 265 g/mol. The van der Waals surface area contributed by atoms with Gasteiger partial charge >= 0.3 is 0 Å². The van der Waals surface area contributed by atoms with Gasteiger partial charge in [-0.25, -0.2) is 0 Å². The standard InChI is InChI=1S/C15H23NO3/c1-11(18)14-7-6-13(10-15(14)19)16(8-3-9-17)12-4-2-5-12/h6-7,10-12,17-19H,2-5,8-9H2,1H3. The Bertz CT molecular complexity index is 416. The lowest BCUT2D eigenvalue weighted by molar-refractivity contribution is 0.195. The molecule has 1 aliphatic carbocycles. The minimum Gasteiger partial charge on any atom is -0.507 e. The van der Waals surface area contributed by atoms with E-state index in [-0.39, 0.29) is 12.4 Å². The number of phenols is 1. The van der Waals surface area contributed by atoms with Gasteiger partial charge < -0.3 is 20.2 Å². The largest absolute Gasteiger partial charge is 0.507 e. The zero-order valence-electron chi connectivity index (χ0n) is 11.4. The lowest BCUT2D eigenvalue weighted by Gasteiger charge is -2.39. The van der Waals surface area contributed by atoms with E-state index in [1.165, 1.54) is 19.3 Å². The molecule has 4 heteroatoms. The van der Waals surface area contributed by atoms with Crippen LogP contribution in [0.4, 0.5) is 5.69 Å². The molecule has 2 rings (SSSR count). The van der Waals surface area contributed by atoms with Gasteiger partial charge in [-0.05, 0) is 38.7 Å². The summed E-state index contributed by atoms with van der Waals surface area (Å²) in [7, 11) is 0. The summed E-state index contributed by atoms with van der Waals surface area (Å²) in [5.74, 6) is 0.140. The van der Waals surface area contributed by atoms with Gasteiger partial charge in [-0.3, -0.25) is 0 Å². The third-order valence-corrected chi connectivity index (χ3v) is 3.87. The summed E-state index contributed by atoms with van der Waals surface area (Å²) in [6, 6.07) is 5.96. The molecule has 1 saturated carbocycles. The highest BCUT2D eigenvalue weighted by Gasteiger charge is 2.25. The quantitative estimate of drug-likeness (QED) is 0.737. The van der Waals surface area contributed by atoms with Crippen molar-refractivity contribution in [2.45, 2.75) is 44.8 Å². The Hall–Kier alpha value is -1.26. The molecule has 1 aromatic carbocycles. The molecule has 0 aliphatic heterocycles. The summed E-state index contributed by atoms with van der Waals surface area (Å²) in [5.41, 5.74) is 1.53. The van der Waals surface area contributed by atoms with Gasteiger partial charge in [-0.15, -0.1) is 0 Å². The number of phenolic OH excluding ortho intramolecular Hbond substituents is 1. The van der Waals surface area contributed by atoms with Gasteiger partial charge in [0.2, 0.25) is 0 Å². The van der Waals surface area contributed by atoms with E-state index in [1.807, 2.05) is 6.07 Å². The smallest absolute Gasteiger partial charge is 0.123 e. The lowest BCUT2D eigenvalue weighted by atomic mass is 9.90. The van der Waals surface area contributed by atoms with Gasteiger partial charge in [-0.1, -0.05) is 6.07 Å². The maximum atomic E-state index is 9.97. The number of aliphatic hydroxyl groups is 2. The van der Waals surface area contributed by atoms with Gasteiger partial charge in [0.15, 0.2) is 0 Å². The van der Waals surface area contributed by atoms with E-state index >= 15 is 0 Å². The van der Waals surface area contributed by atoms with E-state index in [0.717, 1.165) is 18.7 Å². The molecule has 3 N–H and O–H groups in total. The lowest BCUT2D eigenvalue weighted by Crippen LogP contribution is -2.41. The molecule has 0 radical (unpaired) electrons. The first kappa shape index (κ1) is 14.2. The fourth-order valence-corrected chi connectivity index (χ4v) is 2.53. The number of anilines is 1. The van der Waals surface area contributed by atoms with Gasteiger partial charge in [0.05, 0.1) is 6.10 Å². The topological polar surface area (TPSA) is 63.9 Å². The molecule has 1 fully saturated rings. The number of aliphatic hydroxyl groups excluding tert-OH is 2. The molecule has 1 aromatic rings. The van der Waals surface area contributed by atoms with E-state index in [1.54, 1.807) is 19.1 Å². The van der Waals surface area contributed by atoms with E-state index in [4.69, 9.17) is 5.11 Å². The summed E-state index contributed by atoms with van der Waals surface area (Å²) in [6.07, 6.45) is 3.66. The number of rotatable bonds is 6. The van der Waals surface area contributed by atoms with Crippen LogP contribution in [0.1, 0.15) is 44.3 Å². The van der Waals surface area contributed by atoms with E-state index in [2.05, 4.69) is 4.90 Å². The maximum Gasteiger partial charge on any atom is 0.123 e. The van der Waals surface area contributed by atoms with Crippen molar-refractivity contribution in [2.24, 2.45) is 0 Å². The van der Waals surface area contributed by atoms with Crippen molar-refractivity contribution in [3.63, 3.8) is 0 Å². The zero-order valence-corrected chi connectivity index (χ0v) is 11.4. The van der Waals surface area contributed by atoms with Crippen molar-refractivity contribution in [1.29, 1.82) is 0 Å². The van der Waals surface area contributed by atoms with Crippen LogP contribution in [0.15, 0.2) is 18.2 Å². The second-order valence-electron chi connectivity index (χ2n) is 5.27. The average Bonchev–Trinajstić information content (AvgIpc) is 2.31. The van der Waals surface area contributed by atoms with Crippen molar-refractivity contribution < 1.29 is 15.3 Å². The Morgan fingerprint density at radius 2 is 2.11 bits per heavy atom. The Morgan fingerprint density at radius 1 is 1.37 bits per heavy atom. The van der Waals surface area contributed by atoms with Crippen LogP contribution >= 0.6 is 0 Å². The molecule has 4 nitrogen and oxygen atoms in total. The minimum absolute atomic E-state index is 0.140. The van der Waals surface area contributed by atoms with Crippen LogP contribution in [0.5, 0.6) is 5.75 Å². The third kappa shape index (κ3) is 3.19. The maximum absolute atomic E-state index is 9.97. The van der Waals surface area contributed by atoms with Crippen LogP contribution in [-0.2, 0) is 0 Å². The molecule has 19 heavy (non-hydrogen) atoms. The van der Waals surface area contributed by atoms with E-state index in [9.17, 15) is 10.2 Å². The highest BCUT2D eigenvalue weighted by Crippen LogP contribution is 2.34. The van der Waals surface area contributed by atoms with Crippen LogP contribution < -0.4 is 4.90 Å². The summed E-state index contributed by atoms with van der Waals surface area (Å²) < 4.78 is 0. The first-order valence-electron chi connectivity index (χ1n) is 7.02. The van der Waals surface area contributed by atoms with Crippen molar-refractivity contribution >= 4 is 5.69 Å². The number of aromatic hydroxyl groups is 1. The number of hydrogen-bond donors (Lipinski definition) is 3. The molecule has 0 heterocycles. The van der Waals surface area contributed by atoms with Crippen molar-refractivity contribution in [2.75, 3.05) is 18.1 Å². The zero-order chi connectivity index (χ0) is 13.8. The highest BCUT2D eigenvalue weighted by molar-refractivity contribution is 5.54. The highest BCUT2D eigenvalue weighted by atomic mass is 16.3. The van der Waals surface area contributed by atoms with E-state index < -0.39 is 6.10 Å². The first-order chi connectivity index (χ1) is 9.13. The first-order valence-corrected chi connectivity index (χ1v) is 7.02. The summed E-state index contributed by atoms with van der Waals surface area (Å²) in [5, 5.41) is 28.5. The van der Waals surface area contributed by atoms with E-state index in [0.29, 0.717) is 11.6 Å². The van der Waals surface area contributed by atoms with Crippen LogP contribution in [0.2, 0.25) is 0 Å². The van der Waals surface area contributed by atoms with Crippen molar-refractivity contribution in [3.05, 3.63) is 23.8 Å². The van der Waals surface area contributed by atoms with Gasteiger partial charge in [0.25, 0.3) is 0 Å². The second-order valence-corrected chi connectivity index (χ2v) is 5.27. The molecule has 1 atom stereocenters. The van der Waals surface area contributed by atoms with Gasteiger partial charge in [-0.2, -0.15) is 0 Å². The molecule has 0 saturated heterocycles.